The molecule has 6 heteroatoms. The topological polar surface area (TPSA) is 65.2 Å². The van der Waals surface area contributed by atoms with Gasteiger partial charge in [-0.15, -0.1) is 0 Å². The maximum Gasteiger partial charge on any atom is 0.258 e. The number of halogens is 2. The lowest BCUT2D eigenvalue weighted by atomic mass is 10.4. The quantitative estimate of drug-likeness (QED) is 0.810. The molecule has 0 spiro atoms. The van der Waals surface area contributed by atoms with Crippen molar-refractivity contribution in [2.24, 2.45) is 5.73 Å². The van der Waals surface area contributed by atoms with E-state index >= 15 is 0 Å². The van der Waals surface area contributed by atoms with Gasteiger partial charge >= 0.3 is 0 Å². The average Bonchev–Trinajstić information content (AvgIpc) is 2.09. The zero-order valence-corrected chi connectivity index (χ0v) is 8.84. The fourth-order valence-electron chi connectivity index (χ4n) is 0.736. The van der Waals surface area contributed by atoms with E-state index < -0.39 is 12.0 Å². The fourth-order valence-corrected chi connectivity index (χ4v) is 1.13. The molecule has 0 bridgehead atoms. The highest BCUT2D eigenvalue weighted by Crippen LogP contribution is 2.24. The van der Waals surface area contributed by atoms with Gasteiger partial charge in [-0.05, 0) is 19.1 Å². The van der Waals surface area contributed by atoms with Gasteiger partial charge in [0.05, 0.1) is 0 Å². The molecule has 0 saturated carbocycles. The van der Waals surface area contributed by atoms with Gasteiger partial charge in [0.25, 0.3) is 5.91 Å². The van der Waals surface area contributed by atoms with Crippen LogP contribution in [-0.4, -0.2) is 17.0 Å². The van der Waals surface area contributed by atoms with E-state index in [4.69, 9.17) is 33.7 Å². The molecule has 1 rings (SSSR count). The molecule has 4 nitrogen and oxygen atoms in total. The lowest BCUT2D eigenvalue weighted by Gasteiger charge is -2.11. The van der Waals surface area contributed by atoms with Gasteiger partial charge in [0.15, 0.2) is 17.0 Å². The van der Waals surface area contributed by atoms with E-state index in [1.807, 2.05) is 0 Å². The molecule has 0 aliphatic carbocycles. The summed E-state index contributed by atoms with van der Waals surface area (Å²) in [6.07, 6.45) is -0.754. The van der Waals surface area contributed by atoms with Crippen LogP contribution < -0.4 is 10.5 Å². The molecule has 0 fully saturated rings. The van der Waals surface area contributed by atoms with Crippen LogP contribution in [0.25, 0.3) is 0 Å². The first kappa shape index (κ1) is 11.1. The molecule has 1 heterocycles. The highest BCUT2D eigenvalue weighted by molar-refractivity contribution is 6.33. The van der Waals surface area contributed by atoms with Crippen molar-refractivity contribution in [2.45, 2.75) is 13.0 Å². The van der Waals surface area contributed by atoms with Gasteiger partial charge in [-0.3, -0.25) is 4.79 Å². The van der Waals surface area contributed by atoms with Gasteiger partial charge < -0.3 is 10.5 Å². The Balaban J connectivity index is 2.82. The van der Waals surface area contributed by atoms with Crippen LogP contribution in [0.5, 0.6) is 5.75 Å². The van der Waals surface area contributed by atoms with Gasteiger partial charge in [-0.25, -0.2) is 4.98 Å². The van der Waals surface area contributed by atoms with E-state index in [0.29, 0.717) is 0 Å². The summed E-state index contributed by atoms with van der Waals surface area (Å²) in [7, 11) is 0. The van der Waals surface area contributed by atoms with Crippen LogP contribution in [0.15, 0.2) is 12.1 Å². The Bertz CT molecular complexity index is 357. The van der Waals surface area contributed by atoms with Gasteiger partial charge in [0.2, 0.25) is 0 Å². The first-order valence-corrected chi connectivity index (χ1v) is 4.54. The van der Waals surface area contributed by atoms with Crippen LogP contribution in [0.1, 0.15) is 6.92 Å². The first-order valence-electron chi connectivity index (χ1n) is 3.78. The molecular weight excluding hydrogens is 227 g/mol. The zero-order valence-electron chi connectivity index (χ0n) is 7.33. The smallest absolute Gasteiger partial charge is 0.258 e. The van der Waals surface area contributed by atoms with Gasteiger partial charge in [-0.2, -0.15) is 0 Å². The van der Waals surface area contributed by atoms with Crippen LogP contribution in [0, 0.1) is 0 Å². The molecule has 14 heavy (non-hydrogen) atoms. The first-order chi connectivity index (χ1) is 6.50. The summed E-state index contributed by atoms with van der Waals surface area (Å²) >= 11 is 11.3. The van der Waals surface area contributed by atoms with Crippen molar-refractivity contribution >= 4 is 29.1 Å². The van der Waals surface area contributed by atoms with Crippen molar-refractivity contribution in [1.29, 1.82) is 0 Å². The predicted molar refractivity (Wildman–Crippen MR) is 53.5 cm³/mol. The molecule has 0 aliphatic rings. The number of amides is 1. The highest BCUT2D eigenvalue weighted by atomic mass is 35.5. The third kappa shape index (κ3) is 2.75. The predicted octanol–water partition coefficient (Wildman–Crippen LogP) is 1.64. The Kier molecular flexibility index (Phi) is 3.55. The average molecular weight is 235 g/mol. The number of ether oxygens (including phenoxy) is 1. The van der Waals surface area contributed by atoms with Crippen molar-refractivity contribution in [3.05, 3.63) is 22.4 Å². The second-order valence-electron chi connectivity index (χ2n) is 2.59. The number of hydrogen-bond donors (Lipinski definition) is 1. The third-order valence-electron chi connectivity index (χ3n) is 1.48. The lowest BCUT2D eigenvalue weighted by molar-refractivity contribution is -0.123. The van der Waals surface area contributed by atoms with Crippen LogP contribution >= 0.6 is 23.2 Å². The van der Waals surface area contributed by atoms with Crippen molar-refractivity contribution < 1.29 is 9.53 Å². The van der Waals surface area contributed by atoms with E-state index in [0.717, 1.165) is 0 Å². The van der Waals surface area contributed by atoms with Crippen molar-refractivity contribution in [3.63, 3.8) is 0 Å². The number of aromatic nitrogens is 1. The second kappa shape index (κ2) is 4.48. The molecule has 0 aliphatic heterocycles. The highest BCUT2D eigenvalue weighted by Gasteiger charge is 2.13. The fraction of sp³-hybridized carbons (Fsp3) is 0.250. The summed E-state index contributed by atoms with van der Waals surface area (Å²) < 4.78 is 5.13. The maximum atomic E-state index is 10.7. The van der Waals surface area contributed by atoms with Crippen molar-refractivity contribution in [1.82, 2.24) is 4.98 Å². The van der Waals surface area contributed by atoms with E-state index in [1.165, 1.54) is 19.1 Å². The second-order valence-corrected chi connectivity index (χ2v) is 3.33. The number of hydrogen-bond acceptors (Lipinski definition) is 3. The molecule has 0 saturated heterocycles. The zero-order chi connectivity index (χ0) is 10.7. The summed E-state index contributed by atoms with van der Waals surface area (Å²) in [4.78, 5) is 14.4. The van der Waals surface area contributed by atoms with E-state index in [1.54, 1.807) is 0 Å². The third-order valence-corrected chi connectivity index (χ3v) is 1.97. The van der Waals surface area contributed by atoms with E-state index in [2.05, 4.69) is 4.98 Å². The molecular formula is C8H8Cl2N2O2. The summed E-state index contributed by atoms with van der Waals surface area (Å²) in [6, 6.07) is 3.04. The van der Waals surface area contributed by atoms with Crippen LogP contribution in [0.3, 0.4) is 0 Å². The largest absolute Gasteiger partial charge is 0.478 e. The molecule has 1 aromatic heterocycles. The van der Waals surface area contributed by atoms with Crippen LogP contribution in [-0.2, 0) is 4.79 Å². The van der Waals surface area contributed by atoms with Crippen molar-refractivity contribution in [3.8, 4) is 5.75 Å². The number of carbonyl (C=O) groups excluding carboxylic acids is 1. The summed E-state index contributed by atoms with van der Waals surface area (Å²) in [6.45, 7) is 1.52. The Morgan fingerprint density at radius 2 is 2.21 bits per heavy atom. The Morgan fingerprint density at radius 1 is 1.57 bits per heavy atom. The summed E-state index contributed by atoms with van der Waals surface area (Å²) in [5, 5.41) is 0.361. The maximum absolute atomic E-state index is 10.7. The Labute approximate surface area is 91.0 Å². The van der Waals surface area contributed by atoms with E-state index in [9.17, 15) is 4.79 Å². The Morgan fingerprint density at radius 3 is 2.71 bits per heavy atom. The lowest BCUT2D eigenvalue weighted by Crippen LogP contribution is -2.30. The number of carbonyl (C=O) groups is 1. The van der Waals surface area contributed by atoms with Gasteiger partial charge in [0.1, 0.15) is 5.15 Å². The molecule has 0 radical (unpaired) electrons. The SMILES string of the molecule is CC(Oc1ccc(Cl)nc1Cl)C(N)=O. The summed E-state index contributed by atoms with van der Waals surface area (Å²) in [5.74, 6) is -0.293. The Hall–Kier alpha value is -1.00. The number of rotatable bonds is 3. The molecule has 2 N–H and O–H groups in total. The standard InChI is InChI=1S/C8H8Cl2N2O2/c1-4(8(11)13)14-5-2-3-6(9)12-7(5)10/h2-4H,1H3,(H2,11,13). The number of pyridine rings is 1. The molecule has 1 unspecified atom stereocenters. The number of primary amides is 1. The van der Waals surface area contributed by atoms with Gasteiger partial charge in [0, 0.05) is 0 Å². The molecule has 76 valence electrons. The molecule has 0 aromatic carbocycles. The van der Waals surface area contributed by atoms with Crippen LogP contribution in [0.4, 0.5) is 0 Å². The molecule has 1 aromatic rings. The molecule has 1 atom stereocenters. The van der Waals surface area contributed by atoms with Gasteiger partial charge in [-0.1, -0.05) is 23.2 Å². The normalized spacial score (nSPS) is 12.2. The van der Waals surface area contributed by atoms with Crippen molar-refractivity contribution in [2.75, 3.05) is 0 Å². The monoisotopic (exact) mass is 234 g/mol. The number of nitrogens with two attached hydrogens (primary N) is 1. The minimum absolute atomic E-state index is 0.102. The van der Waals surface area contributed by atoms with Crippen LogP contribution in [0.2, 0.25) is 10.3 Å². The van der Waals surface area contributed by atoms with E-state index in [-0.39, 0.29) is 16.1 Å². The summed E-state index contributed by atoms with van der Waals surface area (Å²) in [5.41, 5.74) is 5.01. The minimum atomic E-state index is -0.754. The molecule has 1 amide bonds. The minimum Gasteiger partial charge on any atom is -0.478 e. The number of nitrogens with zero attached hydrogens (tertiary/aromatic N) is 1.